The second-order valence-corrected chi connectivity index (χ2v) is 16.4. The Labute approximate surface area is 365 Å². The van der Waals surface area contributed by atoms with Crippen molar-refractivity contribution >= 4 is 66.7 Å². The lowest BCUT2D eigenvalue weighted by atomic mass is 10.0. The van der Waals surface area contributed by atoms with Gasteiger partial charge in [-0.25, -0.2) is 0 Å². The van der Waals surface area contributed by atoms with Gasteiger partial charge in [-0.1, -0.05) is 99.5 Å². The lowest BCUT2D eigenvalue weighted by molar-refractivity contribution is 0.845. The molecule has 0 saturated heterocycles. The summed E-state index contributed by atoms with van der Waals surface area (Å²) >= 11 is 0. The van der Waals surface area contributed by atoms with Crippen molar-refractivity contribution in [3.05, 3.63) is 217 Å². The first kappa shape index (κ1) is 38.9. The molecule has 0 atom stereocenters. The number of aromatic nitrogens is 2. The summed E-state index contributed by atoms with van der Waals surface area (Å²) in [4.78, 5) is 4.66. The Kier molecular flexibility index (Phi) is 10.4. The van der Waals surface area contributed by atoms with Crippen LogP contribution in [0.25, 0.3) is 44.0 Å². The topological polar surface area (TPSA) is 16.3 Å². The van der Waals surface area contributed by atoms with Gasteiger partial charge in [0, 0.05) is 67.7 Å². The number of hydrogen-bond acceptors (Lipinski definition) is 2. The summed E-state index contributed by atoms with van der Waals surface area (Å²) in [5.41, 5.74) is 17.2. The van der Waals surface area contributed by atoms with E-state index in [-0.39, 0.29) is 0 Å². The van der Waals surface area contributed by atoms with E-state index in [9.17, 15) is 0 Å². The fraction of sp³-hybridized carbons (Fsp3) is 0.138. The number of nitrogens with zero attached hydrogens (tertiary/aromatic N) is 4. The summed E-state index contributed by atoms with van der Waals surface area (Å²) in [6, 6.07) is 70.6. The summed E-state index contributed by atoms with van der Waals surface area (Å²) in [5.74, 6) is 0. The second kappa shape index (κ2) is 16.6. The van der Waals surface area contributed by atoms with E-state index in [2.05, 4.69) is 241 Å². The fourth-order valence-electron chi connectivity index (χ4n) is 9.60. The largest absolute Gasteiger partial charge is 0.313 e. The Balaban J connectivity index is 1.10. The van der Waals surface area contributed by atoms with Crippen molar-refractivity contribution in [2.45, 2.75) is 53.4 Å². The van der Waals surface area contributed by atoms with Gasteiger partial charge in [-0.05, 0) is 170 Å². The molecule has 0 unspecified atom stereocenters. The lowest BCUT2D eigenvalue weighted by Gasteiger charge is -2.25. The summed E-state index contributed by atoms with van der Waals surface area (Å²) in [6.07, 6.45) is 4.16. The minimum Gasteiger partial charge on any atom is -0.313 e. The molecule has 10 aromatic rings. The first-order chi connectivity index (χ1) is 30.5. The standard InChI is InChI=1S/C58H52N4/c1-5-19-55-41(3)53-37-43-38-54-42(4)56(20-6-2)62(52-35-31-50(32-36-52)60(47-25-15-9-16-26-47)48-27-17-10-18-28-48)58(54)40-44(43)39-57(53)61(55)51-33-29-49(30-34-51)59(45-21-11-7-12-22-45)46-23-13-8-14-24-46/h7-18,21-40H,5-6,19-20H2,1-4H3. The Morgan fingerprint density at radius 1 is 0.355 bits per heavy atom. The molecule has 0 aliphatic carbocycles. The molecule has 0 bridgehead atoms. The van der Waals surface area contributed by atoms with Gasteiger partial charge in [-0.3, -0.25) is 0 Å². The quantitative estimate of drug-likeness (QED) is 0.122. The van der Waals surface area contributed by atoms with Gasteiger partial charge in [0.15, 0.2) is 0 Å². The molecule has 0 amide bonds. The first-order valence-corrected chi connectivity index (χ1v) is 22.1. The molecule has 0 aliphatic heterocycles. The third-order valence-corrected chi connectivity index (χ3v) is 12.5. The van der Waals surface area contributed by atoms with Crippen molar-refractivity contribution in [3.63, 3.8) is 0 Å². The zero-order valence-corrected chi connectivity index (χ0v) is 36.1. The van der Waals surface area contributed by atoms with Gasteiger partial charge >= 0.3 is 0 Å². The van der Waals surface area contributed by atoms with Crippen LogP contribution in [0.4, 0.5) is 34.1 Å². The molecular formula is C58H52N4. The van der Waals surface area contributed by atoms with Crippen LogP contribution < -0.4 is 9.80 Å². The molecule has 304 valence electrons. The number of anilines is 6. The molecule has 62 heavy (non-hydrogen) atoms. The Morgan fingerprint density at radius 3 is 0.952 bits per heavy atom. The van der Waals surface area contributed by atoms with E-state index in [1.165, 1.54) is 66.5 Å². The predicted molar refractivity (Wildman–Crippen MR) is 264 cm³/mol. The van der Waals surface area contributed by atoms with Crippen molar-refractivity contribution in [1.82, 2.24) is 9.13 Å². The maximum Gasteiger partial charge on any atom is 0.0540 e. The molecule has 10 rings (SSSR count). The molecule has 2 aromatic heterocycles. The van der Waals surface area contributed by atoms with E-state index in [1.54, 1.807) is 0 Å². The zero-order chi connectivity index (χ0) is 42.2. The van der Waals surface area contributed by atoms with E-state index in [1.807, 2.05) is 0 Å². The summed E-state index contributed by atoms with van der Waals surface area (Å²) in [7, 11) is 0. The molecule has 2 heterocycles. The van der Waals surface area contributed by atoms with Gasteiger partial charge in [0.2, 0.25) is 0 Å². The first-order valence-electron chi connectivity index (χ1n) is 22.1. The van der Waals surface area contributed by atoms with E-state index in [4.69, 9.17) is 0 Å². The Morgan fingerprint density at radius 2 is 0.645 bits per heavy atom. The van der Waals surface area contributed by atoms with Crippen LogP contribution in [0, 0.1) is 13.8 Å². The highest BCUT2D eigenvalue weighted by Gasteiger charge is 2.21. The van der Waals surface area contributed by atoms with Crippen LogP contribution in [-0.2, 0) is 12.8 Å². The number of benzene rings is 8. The van der Waals surface area contributed by atoms with Crippen LogP contribution in [0.15, 0.2) is 194 Å². The van der Waals surface area contributed by atoms with Crippen LogP contribution in [0.5, 0.6) is 0 Å². The van der Waals surface area contributed by atoms with Gasteiger partial charge in [0.25, 0.3) is 0 Å². The van der Waals surface area contributed by atoms with Crippen LogP contribution in [-0.4, -0.2) is 9.13 Å². The SMILES string of the molecule is CCCc1c(C)c2cc3cc4c(C)c(CCC)n(-c5ccc(N(c6ccccc6)c6ccccc6)cc5)c4cc3cc2n1-c1ccc(N(c2ccccc2)c2ccccc2)cc1. The number of fused-ring (bicyclic) bond motifs is 3. The van der Waals surface area contributed by atoms with E-state index in [0.29, 0.717) is 0 Å². The monoisotopic (exact) mass is 804 g/mol. The molecule has 0 spiro atoms. The Bertz CT molecular complexity index is 2840. The molecule has 0 radical (unpaired) electrons. The van der Waals surface area contributed by atoms with E-state index < -0.39 is 0 Å². The second-order valence-electron chi connectivity index (χ2n) is 16.4. The average Bonchev–Trinajstić information content (AvgIpc) is 3.74. The molecule has 8 aromatic carbocycles. The minimum atomic E-state index is 1.01. The van der Waals surface area contributed by atoms with Gasteiger partial charge in [0.1, 0.15) is 0 Å². The number of hydrogen-bond donors (Lipinski definition) is 0. The van der Waals surface area contributed by atoms with Crippen LogP contribution >= 0.6 is 0 Å². The zero-order valence-electron chi connectivity index (χ0n) is 36.1. The van der Waals surface area contributed by atoms with Crippen LogP contribution in [0.2, 0.25) is 0 Å². The molecule has 0 aliphatic rings. The number of para-hydroxylation sites is 4. The summed E-state index contributed by atoms with van der Waals surface area (Å²) < 4.78 is 5.04. The highest BCUT2D eigenvalue weighted by atomic mass is 15.1. The van der Waals surface area contributed by atoms with Crippen LogP contribution in [0.1, 0.15) is 49.2 Å². The third-order valence-electron chi connectivity index (χ3n) is 12.5. The van der Waals surface area contributed by atoms with E-state index >= 15 is 0 Å². The van der Waals surface area contributed by atoms with Crippen molar-refractivity contribution in [3.8, 4) is 11.4 Å². The lowest BCUT2D eigenvalue weighted by Crippen LogP contribution is -2.10. The average molecular weight is 805 g/mol. The number of aryl methyl sites for hydroxylation is 2. The summed E-state index contributed by atoms with van der Waals surface area (Å²) in [6.45, 7) is 9.20. The van der Waals surface area contributed by atoms with Crippen molar-refractivity contribution in [2.24, 2.45) is 0 Å². The highest BCUT2D eigenvalue weighted by molar-refractivity contribution is 6.06. The van der Waals surface area contributed by atoms with Crippen molar-refractivity contribution < 1.29 is 0 Å². The molecule has 4 nitrogen and oxygen atoms in total. The van der Waals surface area contributed by atoms with Gasteiger partial charge in [0.05, 0.1) is 11.0 Å². The molecular weight excluding hydrogens is 753 g/mol. The molecule has 0 fully saturated rings. The number of rotatable bonds is 12. The third kappa shape index (κ3) is 6.92. The fourth-order valence-corrected chi connectivity index (χ4v) is 9.60. The molecule has 4 heteroatoms. The summed E-state index contributed by atoms with van der Waals surface area (Å²) in [5, 5.41) is 5.18. The molecule has 0 saturated carbocycles. The Hall–Kier alpha value is -7.30. The van der Waals surface area contributed by atoms with E-state index in [0.717, 1.165) is 59.8 Å². The van der Waals surface area contributed by atoms with Crippen LogP contribution in [0.3, 0.4) is 0 Å². The highest BCUT2D eigenvalue weighted by Crippen LogP contribution is 2.41. The van der Waals surface area contributed by atoms with Gasteiger partial charge in [-0.2, -0.15) is 0 Å². The van der Waals surface area contributed by atoms with Crippen molar-refractivity contribution in [1.29, 1.82) is 0 Å². The van der Waals surface area contributed by atoms with Gasteiger partial charge in [-0.15, -0.1) is 0 Å². The van der Waals surface area contributed by atoms with Crippen molar-refractivity contribution in [2.75, 3.05) is 9.80 Å². The minimum absolute atomic E-state index is 1.01. The normalized spacial score (nSPS) is 11.5. The maximum absolute atomic E-state index is 2.52. The maximum atomic E-state index is 2.52. The predicted octanol–water partition coefficient (Wildman–Crippen LogP) is 16.2. The smallest absolute Gasteiger partial charge is 0.0540 e. The molecule has 0 N–H and O–H groups in total. The van der Waals surface area contributed by atoms with Gasteiger partial charge < -0.3 is 18.9 Å².